The Morgan fingerprint density at radius 1 is 1.18 bits per heavy atom. The Morgan fingerprint density at radius 3 is 2.48 bits per heavy atom. The number of ether oxygens (including phenoxy) is 1. The quantitative estimate of drug-likeness (QED) is 0.478. The molecular formula is C25H29AsN2O5. The predicted molar refractivity (Wildman–Crippen MR) is 129 cm³/mol. The standard InChI is InChI=1S/C23H25AsN2O3.C2H4O2/c1-24(2)11-10-18-14-26(22(27)17-6-4-3-5-7-17)21-9-8-16(13-20(18)21)12-19-15-29-23(28)25-19;1-2(3)4/h3-9,13-14,19H,10-12,15H2,1-2H3,(H,25,28);1H3,(H,3,4). The van der Waals surface area contributed by atoms with Crippen LogP contribution in [0.4, 0.5) is 4.79 Å². The fourth-order valence-electron chi connectivity index (χ4n) is 3.72. The van der Waals surface area contributed by atoms with E-state index in [1.54, 1.807) is 4.57 Å². The van der Waals surface area contributed by atoms with Gasteiger partial charge in [0.15, 0.2) is 0 Å². The van der Waals surface area contributed by atoms with Crippen LogP contribution in [0, 0.1) is 0 Å². The Labute approximate surface area is 198 Å². The molecule has 0 radical (unpaired) electrons. The molecule has 2 aromatic carbocycles. The maximum atomic E-state index is 13.1. The summed E-state index contributed by atoms with van der Waals surface area (Å²) in [5.74, 6) is -0.839. The molecule has 1 aliphatic rings. The van der Waals surface area contributed by atoms with Gasteiger partial charge in [-0.15, -0.1) is 0 Å². The molecule has 1 fully saturated rings. The molecule has 1 aliphatic heterocycles. The Bertz CT molecular complexity index is 1140. The molecule has 8 heteroatoms. The first-order valence-electron chi connectivity index (χ1n) is 10.7. The van der Waals surface area contributed by atoms with Gasteiger partial charge in [0, 0.05) is 6.92 Å². The van der Waals surface area contributed by atoms with Crippen molar-refractivity contribution in [2.75, 3.05) is 6.61 Å². The van der Waals surface area contributed by atoms with Crippen molar-refractivity contribution in [2.45, 2.75) is 42.4 Å². The summed E-state index contributed by atoms with van der Waals surface area (Å²) in [5, 5.41) is 12.6. The number of carbonyl (C=O) groups is 3. The third kappa shape index (κ3) is 6.72. The number of hydrogen-bond acceptors (Lipinski definition) is 4. The first-order chi connectivity index (χ1) is 15.7. The van der Waals surface area contributed by atoms with E-state index in [2.05, 4.69) is 22.8 Å². The molecule has 33 heavy (non-hydrogen) atoms. The molecule has 3 aromatic rings. The van der Waals surface area contributed by atoms with Crippen LogP contribution in [-0.2, 0) is 22.4 Å². The summed E-state index contributed by atoms with van der Waals surface area (Å²) < 4.78 is 6.79. The number of carbonyl (C=O) groups excluding carboxylic acids is 2. The van der Waals surface area contributed by atoms with Gasteiger partial charge in [0.05, 0.1) is 0 Å². The molecule has 1 unspecified atom stereocenters. The number of nitrogens with zero attached hydrogens (tertiary/aromatic N) is 1. The normalized spacial score (nSPS) is 15.0. The van der Waals surface area contributed by atoms with Gasteiger partial charge in [-0.3, -0.25) is 4.79 Å². The minimum absolute atomic E-state index is 0.000113. The van der Waals surface area contributed by atoms with Gasteiger partial charge in [0.2, 0.25) is 0 Å². The summed E-state index contributed by atoms with van der Waals surface area (Å²) in [6, 6.07) is 15.6. The van der Waals surface area contributed by atoms with E-state index in [0.717, 1.165) is 36.2 Å². The van der Waals surface area contributed by atoms with Crippen LogP contribution in [0.2, 0.25) is 16.6 Å². The van der Waals surface area contributed by atoms with Crippen molar-refractivity contribution < 1.29 is 24.2 Å². The van der Waals surface area contributed by atoms with E-state index in [1.807, 2.05) is 48.7 Å². The molecule has 1 atom stereocenters. The number of alkyl carbamates (subject to hydrolysis) is 1. The molecule has 0 aliphatic carbocycles. The van der Waals surface area contributed by atoms with E-state index in [0.29, 0.717) is 12.2 Å². The van der Waals surface area contributed by atoms with Gasteiger partial charge in [0.25, 0.3) is 5.97 Å². The van der Waals surface area contributed by atoms with Gasteiger partial charge in [0.1, 0.15) is 0 Å². The maximum absolute atomic E-state index is 13.1. The molecule has 2 heterocycles. The van der Waals surface area contributed by atoms with Crippen molar-refractivity contribution in [3.05, 3.63) is 71.4 Å². The molecular weight excluding hydrogens is 483 g/mol. The number of carboxylic acid groups (broad SMARTS) is 1. The average Bonchev–Trinajstić information content (AvgIpc) is 3.35. The summed E-state index contributed by atoms with van der Waals surface area (Å²) in [6.45, 7) is 1.48. The average molecular weight is 512 g/mol. The van der Waals surface area contributed by atoms with E-state index in [-0.39, 0.29) is 18.0 Å². The van der Waals surface area contributed by atoms with Gasteiger partial charge in [-0.1, -0.05) is 0 Å². The Hall–Kier alpha value is -3.05. The molecule has 1 amide bonds. The zero-order chi connectivity index (χ0) is 24.0. The number of hydrogen-bond donors (Lipinski definition) is 2. The van der Waals surface area contributed by atoms with E-state index < -0.39 is 20.6 Å². The number of benzene rings is 2. The number of carboxylic acids is 1. The van der Waals surface area contributed by atoms with Gasteiger partial charge in [-0.05, 0) is 0 Å². The van der Waals surface area contributed by atoms with E-state index in [9.17, 15) is 9.59 Å². The van der Waals surface area contributed by atoms with Crippen LogP contribution in [0.3, 0.4) is 0 Å². The number of amides is 1. The number of fused-ring (bicyclic) bond motifs is 1. The number of aryl methyl sites for hydroxylation is 1. The Kier molecular flexibility index (Phi) is 8.34. The number of aromatic nitrogens is 1. The molecule has 0 spiro atoms. The fraction of sp³-hybridized carbons (Fsp3) is 0.320. The molecule has 174 valence electrons. The predicted octanol–water partition coefficient (Wildman–Crippen LogP) is 4.37. The van der Waals surface area contributed by atoms with Crippen molar-refractivity contribution in [3.8, 4) is 0 Å². The molecule has 4 rings (SSSR count). The fourth-order valence-corrected chi connectivity index (χ4v) is 5.17. The summed E-state index contributed by atoms with van der Waals surface area (Å²) >= 11 is -0.763. The second kappa shape index (κ2) is 11.2. The third-order valence-electron chi connectivity index (χ3n) is 5.24. The molecule has 0 bridgehead atoms. The van der Waals surface area contributed by atoms with E-state index in [4.69, 9.17) is 14.6 Å². The van der Waals surface area contributed by atoms with Crippen molar-refractivity contribution >= 4 is 43.5 Å². The zero-order valence-electron chi connectivity index (χ0n) is 19.1. The topological polar surface area (TPSA) is 97.6 Å². The summed E-state index contributed by atoms with van der Waals surface area (Å²) in [6.07, 6.45) is 3.38. The van der Waals surface area contributed by atoms with Crippen LogP contribution in [0.1, 0.15) is 28.4 Å². The second-order valence-corrected chi connectivity index (χ2v) is 13.7. The van der Waals surface area contributed by atoms with Gasteiger partial charge < -0.3 is 5.11 Å². The Morgan fingerprint density at radius 2 is 1.88 bits per heavy atom. The van der Waals surface area contributed by atoms with Gasteiger partial charge in [-0.25, -0.2) is 0 Å². The van der Waals surface area contributed by atoms with Crippen LogP contribution < -0.4 is 5.32 Å². The van der Waals surface area contributed by atoms with Crippen LogP contribution in [-0.4, -0.2) is 54.9 Å². The van der Waals surface area contributed by atoms with E-state index in [1.165, 1.54) is 10.8 Å². The minimum atomic E-state index is -0.833. The number of rotatable bonds is 6. The molecule has 1 saturated heterocycles. The molecule has 7 nitrogen and oxygen atoms in total. The first-order valence-corrected chi connectivity index (χ1v) is 15.8. The van der Waals surface area contributed by atoms with Crippen LogP contribution >= 0.6 is 0 Å². The van der Waals surface area contributed by atoms with Crippen molar-refractivity contribution in [1.82, 2.24) is 9.88 Å². The van der Waals surface area contributed by atoms with E-state index >= 15 is 0 Å². The Balaban J connectivity index is 0.000000709. The van der Waals surface area contributed by atoms with Gasteiger partial charge >= 0.3 is 175 Å². The SMILES string of the molecule is CC(=O)O.C[As](C)CCc1cn(C(=O)c2ccccc2)c2ccc(CC3COC(=O)N3)cc12. The van der Waals surface area contributed by atoms with Crippen LogP contribution in [0.5, 0.6) is 0 Å². The summed E-state index contributed by atoms with van der Waals surface area (Å²) in [5.41, 5.74) is 8.70. The first kappa shape index (κ1) is 24.6. The van der Waals surface area contributed by atoms with Crippen molar-refractivity contribution in [1.29, 1.82) is 0 Å². The summed E-state index contributed by atoms with van der Waals surface area (Å²) in [4.78, 5) is 33.4. The van der Waals surface area contributed by atoms with Crippen LogP contribution in [0.15, 0.2) is 54.7 Å². The monoisotopic (exact) mass is 512 g/mol. The third-order valence-corrected chi connectivity index (χ3v) is 7.58. The number of cyclic esters (lactones) is 1. The van der Waals surface area contributed by atoms with Gasteiger partial charge in [-0.2, -0.15) is 0 Å². The molecule has 2 N–H and O–H groups in total. The molecule has 1 aromatic heterocycles. The van der Waals surface area contributed by atoms with Crippen LogP contribution in [0.25, 0.3) is 10.9 Å². The van der Waals surface area contributed by atoms with Crippen molar-refractivity contribution in [3.63, 3.8) is 0 Å². The summed E-state index contributed by atoms with van der Waals surface area (Å²) in [7, 11) is 0. The zero-order valence-corrected chi connectivity index (χ0v) is 21.0. The number of nitrogens with one attached hydrogen (secondary N) is 1. The second-order valence-electron chi connectivity index (χ2n) is 8.26. The number of aliphatic carboxylic acids is 1. The van der Waals surface area contributed by atoms with Crippen molar-refractivity contribution in [2.24, 2.45) is 0 Å². The molecule has 0 saturated carbocycles.